The fourth-order valence-electron chi connectivity index (χ4n) is 1.79. The van der Waals surface area contributed by atoms with Crippen molar-refractivity contribution < 1.29 is 5.11 Å². The van der Waals surface area contributed by atoms with E-state index in [1.54, 1.807) is 6.20 Å². The molecule has 0 aliphatic rings. The van der Waals surface area contributed by atoms with E-state index in [4.69, 9.17) is 0 Å². The zero-order valence-corrected chi connectivity index (χ0v) is 11.7. The molecular weight excluding hydrogens is 325 g/mol. The van der Waals surface area contributed by atoms with E-state index in [1.807, 2.05) is 49.4 Å². The molecule has 1 aromatic heterocycles. The van der Waals surface area contributed by atoms with Gasteiger partial charge in [-0.25, -0.2) is 0 Å². The second-order valence-corrected chi connectivity index (χ2v) is 5.17. The van der Waals surface area contributed by atoms with E-state index in [9.17, 15) is 5.11 Å². The summed E-state index contributed by atoms with van der Waals surface area (Å²) in [6, 6.07) is 13.7. The Morgan fingerprint density at radius 1 is 1.12 bits per heavy atom. The summed E-state index contributed by atoms with van der Waals surface area (Å²) in [6.07, 6.45) is 1.24. The molecule has 0 saturated carbocycles. The molecule has 2 nitrogen and oxygen atoms in total. The summed E-state index contributed by atoms with van der Waals surface area (Å²) >= 11 is 2.25. The van der Waals surface area contributed by atoms with Crippen LogP contribution in [0, 0.1) is 3.57 Å². The predicted octanol–water partition coefficient (Wildman–Crippen LogP) is 3.52. The minimum Gasteiger partial charge on any atom is -0.388 e. The van der Waals surface area contributed by atoms with Crippen LogP contribution in [-0.4, -0.2) is 10.1 Å². The van der Waals surface area contributed by atoms with Gasteiger partial charge in [0.15, 0.2) is 0 Å². The average Bonchev–Trinajstić information content (AvgIpc) is 2.39. The van der Waals surface area contributed by atoms with Crippen molar-refractivity contribution in [3.8, 4) is 0 Å². The van der Waals surface area contributed by atoms with E-state index in [0.717, 1.165) is 14.8 Å². The number of hydrogen-bond donors (Lipinski definition) is 1. The molecule has 0 saturated heterocycles. The number of hydrogen-bond acceptors (Lipinski definition) is 2. The van der Waals surface area contributed by atoms with Crippen molar-refractivity contribution in [1.29, 1.82) is 0 Å². The highest BCUT2D eigenvalue weighted by Gasteiger charge is 2.20. The number of nitrogens with zero attached hydrogens (tertiary/aromatic N) is 1. The number of halogens is 1. The van der Waals surface area contributed by atoms with Gasteiger partial charge in [-0.15, -0.1) is 0 Å². The smallest absolute Gasteiger partial charge is 0.0881 e. The molecule has 0 radical (unpaired) electrons. The highest BCUT2D eigenvalue weighted by molar-refractivity contribution is 14.1. The number of rotatable bonds is 3. The monoisotopic (exact) mass is 339 g/mol. The molecule has 17 heavy (non-hydrogen) atoms. The fraction of sp³-hybridized carbons (Fsp3) is 0.214. The lowest BCUT2D eigenvalue weighted by Gasteiger charge is -2.19. The van der Waals surface area contributed by atoms with E-state index >= 15 is 0 Å². The predicted molar refractivity (Wildman–Crippen MR) is 76.8 cm³/mol. The Kier molecular flexibility index (Phi) is 4.12. The lowest BCUT2D eigenvalue weighted by molar-refractivity contribution is 0.149. The molecule has 0 aliphatic heterocycles. The Hall–Kier alpha value is -0.940. The van der Waals surface area contributed by atoms with Gasteiger partial charge in [-0.1, -0.05) is 31.2 Å². The summed E-state index contributed by atoms with van der Waals surface area (Å²) < 4.78 is 1.08. The van der Waals surface area contributed by atoms with Gasteiger partial charge >= 0.3 is 0 Å². The highest BCUT2D eigenvalue weighted by atomic mass is 127. The van der Waals surface area contributed by atoms with Gasteiger partial charge < -0.3 is 5.11 Å². The van der Waals surface area contributed by atoms with Crippen molar-refractivity contribution in [3.05, 3.63) is 63.5 Å². The van der Waals surface area contributed by atoms with Crippen molar-refractivity contribution in [2.24, 2.45) is 0 Å². The Morgan fingerprint density at radius 2 is 1.82 bits per heavy atom. The maximum Gasteiger partial charge on any atom is 0.0881 e. The summed E-state index contributed by atoms with van der Waals surface area (Å²) in [5, 5.41) is 10.4. The van der Waals surface area contributed by atoms with Crippen molar-refractivity contribution >= 4 is 22.6 Å². The maximum absolute atomic E-state index is 10.4. The van der Waals surface area contributed by atoms with Gasteiger partial charge in [-0.3, -0.25) is 4.98 Å². The number of aliphatic hydroxyl groups is 1. The van der Waals surface area contributed by atoms with Gasteiger partial charge in [0, 0.05) is 21.4 Å². The van der Waals surface area contributed by atoms with E-state index in [1.165, 1.54) is 0 Å². The molecule has 2 atom stereocenters. The molecule has 3 heteroatoms. The lowest BCUT2D eigenvalue weighted by atomic mass is 9.94. The van der Waals surface area contributed by atoms with Crippen LogP contribution < -0.4 is 0 Å². The summed E-state index contributed by atoms with van der Waals surface area (Å²) in [5.41, 5.74) is 1.88. The van der Waals surface area contributed by atoms with E-state index < -0.39 is 6.10 Å². The molecule has 0 fully saturated rings. The molecule has 2 aromatic rings. The topological polar surface area (TPSA) is 33.1 Å². The molecule has 2 unspecified atom stereocenters. The quantitative estimate of drug-likeness (QED) is 0.868. The van der Waals surface area contributed by atoms with Crippen LogP contribution in [0.3, 0.4) is 0 Å². The molecule has 0 aliphatic carbocycles. The molecule has 2 rings (SSSR count). The third-order valence-corrected chi connectivity index (χ3v) is 3.83. The van der Waals surface area contributed by atoms with Crippen LogP contribution in [0.1, 0.15) is 30.2 Å². The van der Waals surface area contributed by atoms with E-state index in [-0.39, 0.29) is 5.92 Å². The molecular formula is C14H14INO. The van der Waals surface area contributed by atoms with Crippen molar-refractivity contribution in [3.63, 3.8) is 0 Å². The average molecular weight is 339 g/mol. The highest BCUT2D eigenvalue weighted by Crippen LogP contribution is 2.31. The Balaban J connectivity index is 2.27. The number of aliphatic hydroxyl groups excluding tert-OH is 1. The van der Waals surface area contributed by atoms with Crippen LogP contribution in [0.25, 0.3) is 0 Å². The van der Waals surface area contributed by atoms with Crippen LogP contribution in [-0.2, 0) is 0 Å². The molecule has 0 amide bonds. The fourth-order valence-corrected chi connectivity index (χ4v) is 2.50. The molecule has 1 aromatic carbocycles. The Morgan fingerprint density at radius 3 is 2.47 bits per heavy atom. The van der Waals surface area contributed by atoms with Crippen molar-refractivity contribution in [1.82, 2.24) is 4.98 Å². The van der Waals surface area contributed by atoms with Gasteiger partial charge in [-0.2, -0.15) is 0 Å². The molecule has 0 bridgehead atoms. The normalized spacial score (nSPS) is 14.3. The molecule has 88 valence electrons. The van der Waals surface area contributed by atoms with Crippen LogP contribution >= 0.6 is 22.6 Å². The van der Waals surface area contributed by atoms with Gasteiger partial charge in [0.2, 0.25) is 0 Å². The first-order valence-electron chi connectivity index (χ1n) is 5.53. The number of benzene rings is 1. The summed E-state index contributed by atoms with van der Waals surface area (Å²) in [6.45, 7) is 2.00. The number of pyridine rings is 1. The second-order valence-electron chi connectivity index (χ2n) is 4.01. The van der Waals surface area contributed by atoms with Gasteiger partial charge in [0.05, 0.1) is 6.10 Å². The first-order chi connectivity index (χ1) is 8.20. The minimum atomic E-state index is -0.516. The van der Waals surface area contributed by atoms with E-state index in [0.29, 0.717) is 0 Å². The Labute approximate surface area is 115 Å². The van der Waals surface area contributed by atoms with Crippen LogP contribution in [0.4, 0.5) is 0 Å². The lowest BCUT2D eigenvalue weighted by Crippen LogP contribution is -2.10. The third-order valence-electron chi connectivity index (χ3n) is 2.85. The molecule has 1 heterocycles. The van der Waals surface area contributed by atoms with Gasteiger partial charge in [0.25, 0.3) is 0 Å². The van der Waals surface area contributed by atoms with Crippen molar-refractivity contribution in [2.45, 2.75) is 18.9 Å². The second kappa shape index (κ2) is 5.60. The maximum atomic E-state index is 10.4. The summed E-state index contributed by atoms with van der Waals surface area (Å²) in [5.74, 6) is -0.00730. The zero-order valence-electron chi connectivity index (χ0n) is 9.55. The first kappa shape index (κ1) is 12.5. The SMILES string of the molecule is CC(c1ccccn1)C(O)c1ccccc1I. The zero-order chi connectivity index (χ0) is 12.3. The van der Waals surface area contributed by atoms with Gasteiger partial charge in [0.1, 0.15) is 0 Å². The van der Waals surface area contributed by atoms with Gasteiger partial charge in [-0.05, 0) is 46.4 Å². The Bertz CT molecular complexity index is 487. The minimum absolute atomic E-state index is 0.00730. The molecule has 0 spiro atoms. The summed E-state index contributed by atoms with van der Waals surface area (Å²) in [7, 11) is 0. The largest absolute Gasteiger partial charge is 0.388 e. The third kappa shape index (κ3) is 2.84. The molecule has 1 N–H and O–H groups in total. The first-order valence-corrected chi connectivity index (χ1v) is 6.61. The van der Waals surface area contributed by atoms with E-state index in [2.05, 4.69) is 27.6 Å². The van der Waals surface area contributed by atoms with Crippen LogP contribution in [0.15, 0.2) is 48.7 Å². The van der Waals surface area contributed by atoms with Crippen LogP contribution in [0.5, 0.6) is 0 Å². The number of aromatic nitrogens is 1. The van der Waals surface area contributed by atoms with Crippen molar-refractivity contribution in [2.75, 3.05) is 0 Å². The van der Waals surface area contributed by atoms with Crippen LogP contribution in [0.2, 0.25) is 0 Å². The standard InChI is InChI=1S/C14H14INO/c1-10(13-8-4-5-9-16-13)14(17)11-6-2-3-7-12(11)15/h2-10,14,17H,1H3. The summed E-state index contributed by atoms with van der Waals surface area (Å²) in [4.78, 5) is 4.29.